The van der Waals surface area contributed by atoms with Gasteiger partial charge in [0, 0.05) is 0 Å². The molecule has 3 aromatic rings. The lowest BCUT2D eigenvalue weighted by Gasteiger charge is -2.53. The number of nitrogens with zero attached hydrogens (tertiary/aromatic N) is 1. The standard InChI is InChI=1S/C37H40F6N2O7/c1-23(25-17-27(36(38,39)40)19-28(18-25)37(41,42)43)51-22-35(26-13-9-6-10-14-26)16-15-29(44-32(48)52-34(2,3)4)30(20-31(46)47)45(35)33(49)50-21-24-11-7-5-8-12-24/h5-14,17-19,23,29-30H,15-16,20-22H2,1-4H3,(H,44,48)(H,46,47)/t23-,29+,30+,35-/m1/s1. The van der Waals surface area contributed by atoms with Crippen molar-refractivity contribution in [2.75, 3.05) is 6.61 Å². The van der Waals surface area contributed by atoms with Crippen molar-refractivity contribution in [2.24, 2.45) is 0 Å². The molecule has 1 aliphatic rings. The van der Waals surface area contributed by atoms with E-state index in [0.29, 0.717) is 23.3 Å². The lowest BCUT2D eigenvalue weighted by Crippen LogP contribution is -2.67. The molecule has 1 fully saturated rings. The van der Waals surface area contributed by atoms with Crippen molar-refractivity contribution < 1.29 is 60.0 Å². The number of hydrogen-bond acceptors (Lipinski definition) is 6. The Morgan fingerprint density at radius 3 is 1.98 bits per heavy atom. The first kappa shape index (κ1) is 40.0. The minimum atomic E-state index is -5.09. The second-order valence-corrected chi connectivity index (χ2v) is 13.6. The average molecular weight is 739 g/mol. The summed E-state index contributed by atoms with van der Waals surface area (Å²) in [4.78, 5) is 40.8. The fourth-order valence-electron chi connectivity index (χ4n) is 6.17. The maximum absolute atomic E-state index is 14.3. The molecule has 1 aliphatic heterocycles. The van der Waals surface area contributed by atoms with E-state index in [-0.39, 0.29) is 25.5 Å². The molecule has 0 unspecified atom stereocenters. The summed E-state index contributed by atoms with van der Waals surface area (Å²) in [7, 11) is 0. The Morgan fingerprint density at radius 1 is 0.904 bits per heavy atom. The zero-order valence-corrected chi connectivity index (χ0v) is 28.9. The Morgan fingerprint density at radius 2 is 1.46 bits per heavy atom. The number of benzene rings is 3. The summed E-state index contributed by atoms with van der Waals surface area (Å²) in [5, 5.41) is 12.7. The van der Waals surface area contributed by atoms with E-state index in [1.165, 1.54) is 6.92 Å². The molecule has 52 heavy (non-hydrogen) atoms. The van der Waals surface area contributed by atoms with Gasteiger partial charge < -0.3 is 24.6 Å². The van der Waals surface area contributed by atoms with Gasteiger partial charge in [-0.3, -0.25) is 9.69 Å². The minimum Gasteiger partial charge on any atom is -0.481 e. The Bertz CT molecular complexity index is 1660. The van der Waals surface area contributed by atoms with Gasteiger partial charge in [0.2, 0.25) is 0 Å². The fraction of sp³-hybridized carbons (Fsp3) is 0.432. The average Bonchev–Trinajstić information content (AvgIpc) is 3.06. The summed E-state index contributed by atoms with van der Waals surface area (Å²) < 4.78 is 99.5. The van der Waals surface area contributed by atoms with E-state index in [0.717, 1.165) is 4.90 Å². The van der Waals surface area contributed by atoms with Crippen molar-refractivity contribution in [3.63, 3.8) is 0 Å². The SMILES string of the molecule is C[C@@H](OC[C@@]1(c2ccccc2)CC[C@H](NC(=O)OC(C)(C)C)[C@H](CC(=O)O)N1C(=O)OCc1ccccc1)c1cc(C(F)(F)F)cc(C(F)(F)F)c1. The van der Waals surface area contributed by atoms with Crippen LogP contribution in [-0.4, -0.2) is 52.5 Å². The van der Waals surface area contributed by atoms with Crippen LogP contribution >= 0.6 is 0 Å². The van der Waals surface area contributed by atoms with Gasteiger partial charge in [0.15, 0.2) is 0 Å². The second-order valence-electron chi connectivity index (χ2n) is 13.6. The van der Waals surface area contributed by atoms with Gasteiger partial charge in [-0.1, -0.05) is 60.7 Å². The number of carboxylic acids is 1. The number of halogens is 6. The number of hydrogen-bond donors (Lipinski definition) is 2. The van der Waals surface area contributed by atoms with Gasteiger partial charge in [-0.25, -0.2) is 9.59 Å². The zero-order chi connectivity index (χ0) is 38.5. The van der Waals surface area contributed by atoms with Crippen molar-refractivity contribution in [2.45, 2.75) is 95.2 Å². The molecule has 4 rings (SSSR count). The van der Waals surface area contributed by atoms with E-state index in [1.807, 2.05) is 0 Å². The number of alkyl carbamates (subject to hydrolysis) is 1. The Labute approximate surface area is 296 Å². The molecule has 282 valence electrons. The Hall–Kier alpha value is -4.79. The second kappa shape index (κ2) is 15.8. The van der Waals surface area contributed by atoms with Gasteiger partial charge in [0.05, 0.1) is 47.9 Å². The van der Waals surface area contributed by atoms with Crippen LogP contribution in [0.1, 0.15) is 80.9 Å². The molecule has 0 spiro atoms. The monoisotopic (exact) mass is 738 g/mol. The van der Waals surface area contributed by atoms with Crippen molar-refractivity contribution in [1.29, 1.82) is 0 Å². The third kappa shape index (κ3) is 10.2. The van der Waals surface area contributed by atoms with Crippen LogP contribution in [0.15, 0.2) is 78.9 Å². The number of amides is 2. The number of carbonyl (C=O) groups excluding carboxylic acids is 2. The van der Waals surface area contributed by atoms with E-state index in [9.17, 15) is 45.8 Å². The van der Waals surface area contributed by atoms with Crippen LogP contribution in [0.3, 0.4) is 0 Å². The molecule has 4 atom stereocenters. The topological polar surface area (TPSA) is 114 Å². The molecule has 3 aromatic carbocycles. The van der Waals surface area contributed by atoms with E-state index >= 15 is 0 Å². The van der Waals surface area contributed by atoms with Gasteiger partial charge in [-0.2, -0.15) is 26.3 Å². The molecule has 0 aliphatic carbocycles. The number of nitrogens with one attached hydrogen (secondary N) is 1. The first-order valence-corrected chi connectivity index (χ1v) is 16.4. The maximum Gasteiger partial charge on any atom is 0.416 e. The molecule has 0 radical (unpaired) electrons. The highest BCUT2D eigenvalue weighted by atomic mass is 19.4. The Balaban J connectivity index is 1.81. The van der Waals surface area contributed by atoms with Gasteiger partial charge in [-0.15, -0.1) is 0 Å². The third-order valence-corrected chi connectivity index (χ3v) is 8.58. The van der Waals surface area contributed by atoms with Gasteiger partial charge in [-0.05, 0) is 75.4 Å². The van der Waals surface area contributed by atoms with Crippen LogP contribution < -0.4 is 5.32 Å². The van der Waals surface area contributed by atoms with Crippen LogP contribution in [0.25, 0.3) is 0 Å². The number of likely N-dealkylation sites (tertiary alicyclic amines) is 1. The summed E-state index contributed by atoms with van der Waals surface area (Å²) in [6.45, 7) is 5.44. The number of ether oxygens (including phenoxy) is 3. The summed E-state index contributed by atoms with van der Waals surface area (Å²) in [6, 6.07) is 15.7. The lowest BCUT2D eigenvalue weighted by molar-refractivity contribution is -0.144. The first-order chi connectivity index (χ1) is 24.2. The quantitative estimate of drug-likeness (QED) is 0.200. The van der Waals surface area contributed by atoms with Crippen LogP contribution in [0, 0.1) is 0 Å². The molecule has 0 bridgehead atoms. The number of carbonyl (C=O) groups is 3. The normalized spacial score (nSPS) is 20.2. The number of alkyl halides is 6. The van der Waals surface area contributed by atoms with Crippen LogP contribution in [0.4, 0.5) is 35.9 Å². The summed E-state index contributed by atoms with van der Waals surface area (Å²) in [5.74, 6) is -1.33. The first-order valence-electron chi connectivity index (χ1n) is 16.4. The molecule has 1 heterocycles. The molecule has 1 saturated heterocycles. The van der Waals surface area contributed by atoms with Crippen molar-refractivity contribution in [3.8, 4) is 0 Å². The molecule has 15 heteroatoms. The van der Waals surface area contributed by atoms with Crippen LogP contribution in [-0.2, 0) is 43.5 Å². The highest BCUT2D eigenvalue weighted by Crippen LogP contribution is 2.44. The van der Waals surface area contributed by atoms with Crippen molar-refractivity contribution in [3.05, 3.63) is 107 Å². The molecular formula is C37H40F6N2O7. The van der Waals surface area contributed by atoms with Gasteiger partial charge in [0.25, 0.3) is 0 Å². The van der Waals surface area contributed by atoms with E-state index in [2.05, 4.69) is 5.32 Å². The number of rotatable bonds is 10. The van der Waals surface area contributed by atoms with E-state index in [4.69, 9.17) is 14.2 Å². The zero-order valence-electron chi connectivity index (χ0n) is 28.9. The molecule has 2 N–H and O–H groups in total. The summed E-state index contributed by atoms with van der Waals surface area (Å²) >= 11 is 0. The molecule has 0 aromatic heterocycles. The Kier molecular flexibility index (Phi) is 12.2. The number of aliphatic carboxylic acids is 1. The maximum atomic E-state index is 14.3. The summed E-state index contributed by atoms with van der Waals surface area (Å²) in [6.07, 6.45) is -14.1. The predicted molar refractivity (Wildman–Crippen MR) is 176 cm³/mol. The number of carboxylic acid groups (broad SMARTS) is 1. The lowest BCUT2D eigenvalue weighted by atomic mass is 9.76. The molecule has 0 saturated carbocycles. The highest BCUT2D eigenvalue weighted by Gasteiger charge is 2.53. The summed E-state index contributed by atoms with van der Waals surface area (Å²) in [5.41, 5.74) is -4.94. The fourth-order valence-corrected chi connectivity index (χ4v) is 6.17. The van der Waals surface area contributed by atoms with Gasteiger partial charge in [0.1, 0.15) is 12.2 Å². The smallest absolute Gasteiger partial charge is 0.416 e. The molecule has 9 nitrogen and oxygen atoms in total. The molecule has 2 amide bonds. The molecular weight excluding hydrogens is 698 g/mol. The minimum absolute atomic E-state index is 0.00283. The van der Waals surface area contributed by atoms with Gasteiger partial charge >= 0.3 is 30.5 Å². The van der Waals surface area contributed by atoms with Crippen molar-refractivity contribution in [1.82, 2.24) is 10.2 Å². The van der Waals surface area contributed by atoms with Crippen LogP contribution in [0.5, 0.6) is 0 Å². The van der Waals surface area contributed by atoms with E-state index in [1.54, 1.807) is 81.4 Å². The van der Waals surface area contributed by atoms with E-state index < -0.39 is 89.6 Å². The van der Waals surface area contributed by atoms with Crippen molar-refractivity contribution >= 4 is 18.2 Å². The largest absolute Gasteiger partial charge is 0.481 e. The third-order valence-electron chi connectivity index (χ3n) is 8.58. The predicted octanol–water partition coefficient (Wildman–Crippen LogP) is 8.87. The van der Waals surface area contributed by atoms with Crippen LogP contribution in [0.2, 0.25) is 0 Å². The highest BCUT2D eigenvalue weighted by molar-refractivity contribution is 5.74. The number of piperidine rings is 1.